The zero-order valence-corrected chi connectivity index (χ0v) is 10.8. The summed E-state index contributed by atoms with van der Waals surface area (Å²) >= 11 is 0. The van der Waals surface area contributed by atoms with E-state index in [-0.39, 0.29) is 0 Å². The Morgan fingerprint density at radius 3 is 1.94 bits per heavy atom. The molecule has 2 nitrogen and oxygen atoms in total. The van der Waals surface area contributed by atoms with Gasteiger partial charge >= 0.3 is 0 Å². The van der Waals surface area contributed by atoms with Crippen molar-refractivity contribution in [3.63, 3.8) is 0 Å². The van der Waals surface area contributed by atoms with Gasteiger partial charge in [0.15, 0.2) is 0 Å². The minimum atomic E-state index is -0.707. The maximum Gasteiger partial charge on any atom is 0.0865 e. The summed E-state index contributed by atoms with van der Waals surface area (Å²) in [6, 6.07) is 8.23. The Hall–Kier alpha value is -1.02. The predicted octanol–water partition coefficient (Wildman–Crippen LogP) is 3.15. The number of benzene rings is 1. The fourth-order valence-electron chi connectivity index (χ4n) is 1.82. The van der Waals surface area contributed by atoms with Gasteiger partial charge in [0.2, 0.25) is 0 Å². The molecule has 0 spiro atoms. The van der Waals surface area contributed by atoms with Gasteiger partial charge in [-0.05, 0) is 44.9 Å². The Bertz CT molecular complexity index is 312. The first-order valence-electron chi connectivity index (χ1n) is 6.13. The largest absolute Gasteiger partial charge is 0.385 e. The van der Waals surface area contributed by atoms with Crippen LogP contribution in [-0.4, -0.2) is 18.2 Å². The summed E-state index contributed by atoms with van der Waals surface area (Å²) in [4.78, 5) is 2.30. The van der Waals surface area contributed by atoms with E-state index in [2.05, 4.69) is 30.9 Å². The molecule has 1 N–H and O–H groups in total. The Morgan fingerprint density at radius 2 is 1.56 bits per heavy atom. The van der Waals surface area contributed by atoms with Gasteiger partial charge in [-0.2, -0.15) is 0 Å². The lowest BCUT2D eigenvalue weighted by molar-refractivity contribution is 0.0531. The summed E-state index contributed by atoms with van der Waals surface area (Å²) in [5.41, 5.74) is 1.51. The van der Waals surface area contributed by atoms with Gasteiger partial charge in [0.25, 0.3) is 0 Å². The summed E-state index contributed by atoms with van der Waals surface area (Å²) in [6.07, 6.45) is 0.734. The highest BCUT2D eigenvalue weighted by atomic mass is 16.3. The average molecular weight is 221 g/mol. The molecule has 1 rings (SSSR count). The lowest BCUT2D eigenvalue weighted by Gasteiger charge is -2.25. The van der Waals surface area contributed by atoms with Crippen LogP contribution in [-0.2, 0) is 5.60 Å². The lowest BCUT2D eigenvalue weighted by Crippen LogP contribution is -2.23. The standard InChI is InChI=1S/C14H23NO/c1-5-14(4,16)12-8-10-13(11-9-12)15(6-2)7-3/h8-11,16H,5-7H2,1-4H3/t14-/m1/s1. The first-order chi connectivity index (χ1) is 7.55. The topological polar surface area (TPSA) is 23.5 Å². The molecule has 1 aromatic carbocycles. The van der Waals surface area contributed by atoms with E-state index in [1.165, 1.54) is 5.69 Å². The molecule has 1 atom stereocenters. The Kier molecular flexibility index (Phi) is 4.36. The third-order valence-corrected chi connectivity index (χ3v) is 3.31. The van der Waals surface area contributed by atoms with E-state index < -0.39 is 5.60 Å². The summed E-state index contributed by atoms with van der Waals surface area (Å²) < 4.78 is 0. The normalized spacial score (nSPS) is 14.6. The molecule has 1 aromatic rings. The Morgan fingerprint density at radius 1 is 1.06 bits per heavy atom. The van der Waals surface area contributed by atoms with Crippen molar-refractivity contribution in [3.8, 4) is 0 Å². The van der Waals surface area contributed by atoms with Crippen LogP contribution in [0, 0.1) is 0 Å². The number of rotatable bonds is 5. The molecule has 0 bridgehead atoms. The van der Waals surface area contributed by atoms with Gasteiger partial charge in [-0.25, -0.2) is 0 Å². The molecule has 0 amide bonds. The van der Waals surface area contributed by atoms with Gasteiger partial charge in [0.05, 0.1) is 5.60 Å². The van der Waals surface area contributed by atoms with Gasteiger partial charge in [-0.1, -0.05) is 19.1 Å². The van der Waals surface area contributed by atoms with E-state index in [9.17, 15) is 5.11 Å². The SMILES string of the molecule is CCN(CC)c1ccc([C@](C)(O)CC)cc1. The fraction of sp³-hybridized carbons (Fsp3) is 0.571. The fourth-order valence-corrected chi connectivity index (χ4v) is 1.82. The molecule has 0 aliphatic heterocycles. The zero-order valence-electron chi connectivity index (χ0n) is 10.8. The third kappa shape index (κ3) is 2.76. The van der Waals surface area contributed by atoms with Gasteiger partial charge in [-0.3, -0.25) is 0 Å². The Balaban J connectivity index is 2.90. The van der Waals surface area contributed by atoms with Crippen LogP contribution in [0.5, 0.6) is 0 Å². The van der Waals surface area contributed by atoms with Gasteiger partial charge in [-0.15, -0.1) is 0 Å². The second-order valence-electron chi connectivity index (χ2n) is 4.35. The van der Waals surface area contributed by atoms with Crippen molar-refractivity contribution in [1.82, 2.24) is 0 Å². The second-order valence-corrected chi connectivity index (χ2v) is 4.35. The molecule has 0 unspecified atom stereocenters. The highest BCUT2D eigenvalue weighted by molar-refractivity contribution is 5.48. The maximum absolute atomic E-state index is 10.1. The van der Waals surface area contributed by atoms with E-state index in [0.717, 1.165) is 25.1 Å². The molecule has 2 heteroatoms. The minimum absolute atomic E-state index is 0.707. The number of hydrogen-bond acceptors (Lipinski definition) is 2. The van der Waals surface area contributed by atoms with E-state index in [4.69, 9.17) is 0 Å². The quantitative estimate of drug-likeness (QED) is 0.825. The van der Waals surface area contributed by atoms with Crippen molar-refractivity contribution >= 4 is 5.69 Å². The highest BCUT2D eigenvalue weighted by Crippen LogP contribution is 2.26. The van der Waals surface area contributed by atoms with Crippen molar-refractivity contribution in [2.75, 3.05) is 18.0 Å². The molecule has 90 valence electrons. The minimum Gasteiger partial charge on any atom is -0.385 e. The van der Waals surface area contributed by atoms with E-state index in [0.29, 0.717) is 0 Å². The lowest BCUT2D eigenvalue weighted by atomic mass is 9.93. The van der Waals surface area contributed by atoms with Crippen molar-refractivity contribution in [3.05, 3.63) is 29.8 Å². The van der Waals surface area contributed by atoms with Crippen LogP contribution >= 0.6 is 0 Å². The highest BCUT2D eigenvalue weighted by Gasteiger charge is 2.20. The first kappa shape index (κ1) is 13.0. The predicted molar refractivity (Wildman–Crippen MR) is 69.9 cm³/mol. The van der Waals surface area contributed by atoms with Gasteiger partial charge in [0, 0.05) is 18.8 Å². The third-order valence-electron chi connectivity index (χ3n) is 3.31. The molecule has 0 aliphatic carbocycles. The molecule has 0 heterocycles. The van der Waals surface area contributed by atoms with Crippen LogP contribution in [0.15, 0.2) is 24.3 Å². The van der Waals surface area contributed by atoms with Crippen LogP contribution in [0.3, 0.4) is 0 Å². The number of aliphatic hydroxyl groups is 1. The van der Waals surface area contributed by atoms with E-state index in [1.54, 1.807) is 0 Å². The average Bonchev–Trinajstić information content (AvgIpc) is 2.31. The zero-order chi connectivity index (χ0) is 12.2. The number of hydrogen-bond donors (Lipinski definition) is 1. The van der Waals surface area contributed by atoms with Crippen LogP contribution in [0.1, 0.15) is 39.7 Å². The van der Waals surface area contributed by atoms with Crippen molar-refractivity contribution < 1.29 is 5.11 Å². The summed E-state index contributed by atoms with van der Waals surface area (Å²) in [7, 11) is 0. The Labute approximate surface area is 98.9 Å². The molecule has 0 fully saturated rings. The van der Waals surface area contributed by atoms with Crippen molar-refractivity contribution in [2.24, 2.45) is 0 Å². The molecular weight excluding hydrogens is 198 g/mol. The molecule has 16 heavy (non-hydrogen) atoms. The molecule has 0 aromatic heterocycles. The summed E-state index contributed by atoms with van der Waals surface area (Å²) in [5, 5.41) is 10.1. The van der Waals surface area contributed by atoms with Crippen LogP contribution in [0.2, 0.25) is 0 Å². The van der Waals surface area contributed by atoms with Crippen LogP contribution in [0.4, 0.5) is 5.69 Å². The monoisotopic (exact) mass is 221 g/mol. The molecule has 0 saturated heterocycles. The summed E-state index contributed by atoms with van der Waals surface area (Å²) in [6.45, 7) is 10.2. The number of anilines is 1. The maximum atomic E-state index is 10.1. The van der Waals surface area contributed by atoms with Crippen LogP contribution in [0.25, 0.3) is 0 Å². The molecule has 0 aliphatic rings. The number of nitrogens with zero attached hydrogens (tertiary/aromatic N) is 1. The van der Waals surface area contributed by atoms with Crippen LogP contribution < -0.4 is 4.90 Å². The molecule has 0 saturated carbocycles. The molecule has 0 radical (unpaired) electrons. The van der Waals surface area contributed by atoms with E-state index in [1.807, 2.05) is 26.0 Å². The van der Waals surface area contributed by atoms with E-state index >= 15 is 0 Å². The summed E-state index contributed by atoms with van der Waals surface area (Å²) in [5.74, 6) is 0. The van der Waals surface area contributed by atoms with Crippen molar-refractivity contribution in [1.29, 1.82) is 0 Å². The smallest absolute Gasteiger partial charge is 0.0865 e. The van der Waals surface area contributed by atoms with Crippen molar-refractivity contribution in [2.45, 2.75) is 39.7 Å². The van der Waals surface area contributed by atoms with Gasteiger partial charge in [0.1, 0.15) is 0 Å². The van der Waals surface area contributed by atoms with Gasteiger partial charge < -0.3 is 10.0 Å². The second kappa shape index (κ2) is 5.35. The molecular formula is C14H23NO. The first-order valence-corrected chi connectivity index (χ1v) is 6.13.